The van der Waals surface area contributed by atoms with Gasteiger partial charge in [0.15, 0.2) is 12.4 Å². The Bertz CT molecular complexity index is 801. The molecule has 2 rings (SSSR count). The van der Waals surface area contributed by atoms with Crippen molar-refractivity contribution >= 4 is 11.8 Å². The number of hydrogen-bond donors (Lipinski definition) is 0. The number of esters is 1. The smallest absolute Gasteiger partial charge is 0.344 e. The van der Waals surface area contributed by atoms with Crippen molar-refractivity contribution in [3.63, 3.8) is 0 Å². The van der Waals surface area contributed by atoms with E-state index in [4.69, 9.17) is 14.0 Å². The quantitative estimate of drug-likeness (QED) is 0.530. The fourth-order valence-electron chi connectivity index (χ4n) is 2.92. The maximum atomic E-state index is 12.5. The molecule has 26 heavy (non-hydrogen) atoms. The molecule has 2 heterocycles. The fraction of sp³-hybridized carbons (Fsp3) is 0.526. The Hall–Kier alpha value is -2.41. The third-order valence-corrected chi connectivity index (χ3v) is 4.35. The molecule has 0 bridgehead atoms. The predicted molar refractivity (Wildman–Crippen MR) is 95.7 cm³/mol. The average molecular weight is 362 g/mol. The Labute approximate surface area is 153 Å². The molecule has 0 spiro atoms. The number of ether oxygens (including phenoxy) is 2. The van der Waals surface area contributed by atoms with E-state index < -0.39 is 5.97 Å². The maximum Gasteiger partial charge on any atom is 0.344 e. The van der Waals surface area contributed by atoms with Crippen LogP contribution in [0, 0.1) is 20.8 Å². The predicted octanol–water partition coefficient (Wildman–Crippen LogP) is 3.21. The number of methoxy groups -OCH3 is 1. The largest absolute Gasteiger partial charge is 0.454 e. The highest BCUT2D eigenvalue weighted by molar-refractivity contribution is 6.00. The van der Waals surface area contributed by atoms with Gasteiger partial charge in [-0.1, -0.05) is 19.0 Å². The summed E-state index contributed by atoms with van der Waals surface area (Å²) >= 11 is 0. The van der Waals surface area contributed by atoms with E-state index in [2.05, 4.69) is 5.16 Å². The number of ketones is 1. The molecule has 0 saturated carbocycles. The van der Waals surface area contributed by atoms with Crippen LogP contribution in [-0.4, -0.2) is 41.8 Å². The molecule has 0 aromatic carbocycles. The zero-order valence-electron chi connectivity index (χ0n) is 16.2. The molecule has 2 aromatic rings. The van der Waals surface area contributed by atoms with E-state index in [0.717, 1.165) is 11.4 Å². The third kappa shape index (κ3) is 4.04. The summed E-state index contributed by atoms with van der Waals surface area (Å²) in [6.45, 7) is 10.2. The Balaban J connectivity index is 2.10. The lowest BCUT2D eigenvalue weighted by Crippen LogP contribution is -2.16. The monoisotopic (exact) mass is 362 g/mol. The average Bonchev–Trinajstić information content (AvgIpc) is 3.11. The van der Waals surface area contributed by atoms with Gasteiger partial charge in [-0.15, -0.1) is 0 Å². The Morgan fingerprint density at radius 2 is 1.96 bits per heavy atom. The molecule has 0 atom stereocenters. The molecule has 142 valence electrons. The molecule has 0 aliphatic heterocycles. The van der Waals surface area contributed by atoms with Gasteiger partial charge in [-0.05, 0) is 26.8 Å². The lowest BCUT2D eigenvalue weighted by molar-refractivity contribution is 0.0471. The molecule has 0 saturated heterocycles. The van der Waals surface area contributed by atoms with Crippen molar-refractivity contribution in [1.82, 2.24) is 9.72 Å². The number of aromatic nitrogens is 2. The lowest BCUT2D eigenvalue weighted by Gasteiger charge is -2.09. The van der Waals surface area contributed by atoms with E-state index in [9.17, 15) is 9.59 Å². The minimum atomic E-state index is -0.589. The van der Waals surface area contributed by atoms with Crippen molar-refractivity contribution in [3.05, 3.63) is 40.0 Å². The van der Waals surface area contributed by atoms with Crippen LogP contribution >= 0.6 is 0 Å². The van der Waals surface area contributed by atoms with Crippen molar-refractivity contribution in [2.45, 2.75) is 47.1 Å². The van der Waals surface area contributed by atoms with E-state index in [1.54, 1.807) is 14.0 Å². The van der Waals surface area contributed by atoms with Crippen LogP contribution in [0.25, 0.3) is 0 Å². The zero-order valence-corrected chi connectivity index (χ0v) is 16.2. The van der Waals surface area contributed by atoms with Crippen LogP contribution in [0.3, 0.4) is 0 Å². The number of aryl methyl sites for hydroxylation is 2. The first-order valence-corrected chi connectivity index (χ1v) is 8.60. The molecule has 7 nitrogen and oxygen atoms in total. The molecule has 7 heteroatoms. The van der Waals surface area contributed by atoms with Crippen LogP contribution in [0.1, 0.15) is 63.3 Å². The number of Topliss-reactive ketones (excluding diaryl/α,β-unsaturated/α-hetero) is 1. The molecular weight excluding hydrogens is 336 g/mol. The topological polar surface area (TPSA) is 83.6 Å². The molecule has 0 aliphatic carbocycles. The zero-order chi connectivity index (χ0) is 19.4. The highest BCUT2D eigenvalue weighted by Crippen LogP contribution is 2.23. The van der Waals surface area contributed by atoms with Crippen LogP contribution in [0.4, 0.5) is 0 Å². The van der Waals surface area contributed by atoms with Gasteiger partial charge in [-0.3, -0.25) is 4.79 Å². The Morgan fingerprint density at radius 1 is 1.27 bits per heavy atom. The molecule has 0 aliphatic rings. The summed E-state index contributed by atoms with van der Waals surface area (Å²) in [6.07, 6.45) is 0. The highest BCUT2D eigenvalue weighted by atomic mass is 16.5. The van der Waals surface area contributed by atoms with Gasteiger partial charge >= 0.3 is 5.97 Å². The number of rotatable bonds is 8. The summed E-state index contributed by atoms with van der Waals surface area (Å²) in [5.41, 5.74) is 3.12. The van der Waals surface area contributed by atoms with Crippen molar-refractivity contribution in [1.29, 1.82) is 0 Å². The van der Waals surface area contributed by atoms with E-state index in [0.29, 0.717) is 35.7 Å². The van der Waals surface area contributed by atoms with Gasteiger partial charge in [0, 0.05) is 36.5 Å². The summed E-state index contributed by atoms with van der Waals surface area (Å²) < 4.78 is 17.5. The molecule has 2 aromatic heterocycles. The van der Waals surface area contributed by atoms with Gasteiger partial charge in [-0.25, -0.2) is 4.79 Å². The fourth-order valence-corrected chi connectivity index (χ4v) is 2.92. The van der Waals surface area contributed by atoms with Crippen LogP contribution < -0.4 is 0 Å². The second-order valence-electron chi connectivity index (χ2n) is 6.59. The van der Waals surface area contributed by atoms with Crippen molar-refractivity contribution < 1.29 is 23.6 Å². The summed E-state index contributed by atoms with van der Waals surface area (Å²) in [4.78, 5) is 24.9. The van der Waals surface area contributed by atoms with E-state index in [-0.39, 0.29) is 18.3 Å². The van der Waals surface area contributed by atoms with Crippen LogP contribution in [-0.2, 0) is 16.0 Å². The van der Waals surface area contributed by atoms with Crippen LogP contribution in [0.15, 0.2) is 10.6 Å². The van der Waals surface area contributed by atoms with Crippen molar-refractivity contribution in [3.8, 4) is 0 Å². The second-order valence-corrected chi connectivity index (χ2v) is 6.59. The SMILES string of the molecule is COCCn1c(C)cc(C(=O)COC(=O)c2c(C)noc2C(C)C)c1C. The van der Waals surface area contributed by atoms with Gasteiger partial charge in [-0.2, -0.15) is 0 Å². The van der Waals surface area contributed by atoms with Gasteiger partial charge < -0.3 is 18.6 Å². The number of carbonyl (C=O) groups is 2. The Kier molecular flexibility index (Phi) is 6.37. The summed E-state index contributed by atoms with van der Waals surface area (Å²) in [6, 6.07) is 1.81. The third-order valence-electron chi connectivity index (χ3n) is 4.35. The van der Waals surface area contributed by atoms with Gasteiger partial charge in [0.2, 0.25) is 5.78 Å². The van der Waals surface area contributed by atoms with E-state index in [1.165, 1.54) is 0 Å². The van der Waals surface area contributed by atoms with E-state index >= 15 is 0 Å². The number of nitrogens with zero attached hydrogens (tertiary/aromatic N) is 2. The summed E-state index contributed by atoms with van der Waals surface area (Å²) in [7, 11) is 1.64. The first-order chi connectivity index (χ1) is 12.3. The normalized spacial score (nSPS) is 11.2. The molecule has 0 amide bonds. The number of carbonyl (C=O) groups excluding carboxylic acids is 2. The maximum absolute atomic E-state index is 12.5. The first kappa shape index (κ1) is 19.9. The summed E-state index contributed by atoms with van der Waals surface area (Å²) in [5, 5.41) is 3.83. The summed E-state index contributed by atoms with van der Waals surface area (Å²) in [5.74, 6) is -0.365. The van der Waals surface area contributed by atoms with E-state index in [1.807, 2.05) is 38.3 Å². The van der Waals surface area contributed by atoms with Crippen LogP contribution in [0.5, 0.6) is 0 Å². The minimum Gasteiger partial charge on any atom is -0.454 e. The lowest BCUT2D eigenvalue weighted by atomic mass is 10.1. The van der Waals surface area contributed by atoms with Crippen molar-refractivity contribution in [2.75, 3.05) is 20.3 Å². The molecular formula is C19H26N2O5. The molecule has 0 unspecified atom stereocenters. The first-order valence-electron chi connectivity index (χ1n) is 8.60. The second kappa shape index (κ2) is 8.31. The van der Waals surface area contributed by atoms with Gasteiger partial charge in [0.1, 0.15) is 5.56 Å². The minimum absolute atomic E-state index is 0.00541. The van der Waals surface area contributed by atoms with Crippen molar-refractivity contribution in [2.24, 2.45) is 0 Å². The molecule has 0 fully saturated rings. The number of hydrogen-bond acceptors (Lipinski definition) is 6. The Morgan fingerprint density at radius 3 is 2.58 bits per heavy atom. The van der Waals surface area contributed by atoms with Gasteiger partial charge in [0.25, 0.3) is 0 Å². The highest BCUT2D eigenvalue weighted by Gasteiger charge is 2.25. The molecule has 0 radical (unpaired) electrons. The molecule has 0 N–H and O–H groups in total. The van der Waals surface area contributed by atoms with Gasteiger partial charge in [0.05, 0.1) is 12.3 Å². The van der Waals surface area contributed by atoms with Crippen LogP contribution in [0.2, 0.25) is 0 Å². The standard InChI is InChI=1S/C19H26N2O5/c1-11(2)18-17(13(4)20-26-18)19(23)25-10-16(22)15-9-12(3)21(14(15)5)7-8-24-6/h9,11H,7-8,10H2,1-6H3.